The van der Waals surface area contributed by atoms with Crippen LogP contribution in [0.1, 0.15) is 53.3 Å². The summed E-state index contributed by atoms with van der Waals surface area (Å²) in [4.78, 5) is 46.1. The molecule has 0 aliphatic carbocycles. The Kier molecular flexibility index (Phi) is 5.30. The van der Waals surface area contributed by atoms with Crippen LogP contribution in [0.2, 0.25) is 0 Å². The van der Waals surface area contributed by atoms with E-state index in [2.05, 4.69) is 4.98 Å². The van der Waals surface area contributed by atoms with Gasteiger partial charge in [0.15, 0.2) is 0 Å². The molecular weight excluding hydrogens is 376 g/mol. The molecule has 0 radical (unpaired) electrons. The van der Waals surface area contributed by atoms with E-state index in [1.165, 1.54) is 11.3 Å². The van der Waals surface area contributed by atoms with E-state index >= 15 is 0 Å². The monoisotopic (exact) mass is 400 g/mol. The van der Waals surface area contributed by atoms with Crippen molar-refractivity contribution in [1.29, 1.82) is 0 Å². The molecule has 1 atom stereocenters. The predicted octanol–water partition coefficient (Wildman–Crippen LogP) is 2.11. The van der Waals surface area contributed by atoms with Crippen LogP contribution in [0.3, 0.4) is 0 Å². The van der Waals surface area contributed by atoms with E-state index in [0.29, 0.717) is 30.9 Å². The van der Waals surface area contributed by atoms with Gasteiger partial charge in [0.1, 0.15) is 4.83 Å². The van der Waals surface area contributed by atoms with E-state index in [1.807, 2.05) is 17.0 Å². The zero-order chi connectivity index (χ0) is 19.7. The van der Waals surface area contributed by atoms with E-state index in [4.69, 9.17) is 5.73 Å². The highest BCUT2D eigenvalue weighted by Crippen LogP contribution is 2.39. The largest absolute Gasteiger partial charge is 0.365 e. The van der Waals surface area contributed by atoms with Gasteiger partial charge in [0.25, 0.3) is 5.91 Å². The summed E-state index contributed by atoms with van der Waals surface area (Å²) in [5.74, 6) is -0.328. The fraction of sp³-hybridized carbons (Fsp3) is 0.500. The van der Waals surface area contributed by atoms with Gasteiger partial charge in [0, 0.05) is 43.6 Å². The minimum atomic E-state index is -0.446. The lowest BCUT2D eigenvalue weighted by Gasteiger charge is -2.24. The molecule has 2 aliphatic rings. The van der Waals surface area contributed by atoms with E-state index in [1.54, 1.807) is 11.1 Å². The summed E-state index contributed by atoms with van der Waals surface area (Å²) in [6.07, 6.45) is 5.92. The fourth-order valence-electron chi connectivity index (χ4n) is 4.23. The standard InChI is InChI=1S/C20H24N4O3S/c21-19(27)18-17(14-5-4-8-22-20(14)28-18)13-7-10-24(11-13)16(26)12-23-9-3-1-2-6-15(23)25/h4-5,8,13H,1-3,6-7,9-12H2,(H2,21,27)/t13-/m0/s1. The topological polar surface area (TPSA) is 96.6 Å². The number of hydrogen-bond acceptors (Lipinski definition) is 5. The first-order valence-corrected chi connectivity index (χ1v) is 10.6. The van der Waals surface area contributed by atoms with Crippen LogP contribution in [-0.2, 0) is 9.59 Å². The number of thiophene rings is 1. The number of rotatable bonds is 4. The highest BCUT2D eigenvalue weighted by atomic mass is 32.1. The fourth-order valence-corrected chi connectivity index (χ4v) is 5.31. The first-order valence-electron chi connectivity index (χ1n) is 9.77. The van der Waals surface area contributed by atoms with Gasteiger partial charge in [-0.25, -0.2) is 4.98 Å². The van der Waals surface area contributed by atoms with Crippen molar-refractivity contribution in [2.24, 2.45) is 5.73 Å². The highest BCUT2D eigenvalue weighted by Gasteiger charge is 2.33. The van der Waals surface area contributed by atoms with Crippen LogP contribution in [0, 0.1) is 0 Å². The lowest BCUT2D eigenvalue weighted by atomic mass is 9.95. The Bertz CT molecular complexity index is 925. The number of pyridine rings is 1. The number of nitrogens with two attached hydrogens (primary N) is 1. The van der Waals surface area contributed by atoms with Gasteiger partial charge in [-0.15, -0.1) is 11.3 Å². The Balaban J connectivity index is 1.50. The van der Waals surface area contributed by atoms with Crippen LogP contribution in [0.15, 0.2) is 18.3 Å². The second-order valence-corrected chi connectivity index (χ2v) is 8.52. The van der Waals surface area contributed by atoms with Crippen molar-refractivity contribution in [2.75, 3.05) is 26.2 Å². The first-order chi connectivity index (χ1) is 13.5. The molecule has 148 valence electrons. The third-order valence-electron chi connectivity index (χ3n) is 5.68. The number of carbonyl (C=O) groups is 3. The van der Waals surface area contributed by atoms with Gasteiger partial charge in [-0.1, -0.05) is 12.5 Å². The summed E-state index contributed by atoms with van der Waals surface area (Å²) in [6, 6.07) is 3.81. The van der Waals surface area contributed by atoms with E-state index in [0.717, 1.165) is 41.5 Å². The first kappa shape index (κ1) is 18.9. The average Bonchev–Trinajstić information content (AvgIpc) is 3.26. The van der Waals surface area contributed by atoms with E-state index in [-0.39, 0.29) is 24.3 Å². The van der Waals surface area contributed by atoms with Crippen molar-refractivity contribution < 1.29 is 14.4 Å². The van der Waals surface area contributed by atoms with Crippen molar-refractivity contribution in [1.82, 2.24) is 14.8 Å². The average molecular weight is 401 g/mol. The number of fused-ring (bicyclic) bond motifs is 1. The third kappa shape index (κ3) is 3.61. The zero-order valence-corrected chi connectivity index (χ0v) is 16.5. The molecule has 28 heavy (non-hydrogen) atoms. The van der Waals surface area contributed by atoms with E-state index in [9.17, 15) is 14.4 Å². The normalized spacial score (nSPS) is 20.6. The van der Waals surface area contributed by atoms with Gasteiger partial charge in [-0.3, -0.25) is 14.4 Å². The summed E-state index contributed by atoms with van der Waals surface area (Å²) in [5.41, 5.74) is 6.53. The molecule has 7 nitrogen and oxygen atoms in total. The van der Waals surface area contributed by atoms with E-state index < -0.39 is 5.91 Å². The molecular formula is C20H24N4O3S. The molecule has 2 N–H and O–H groups in total. The summed E-state index contributed by atoms with van der Waals surface area (Å²) >= 11 is 1.32. The van der Waals surface area contributed by atoms with Crippen molar-refractivity contribution in [3.05, 3.63) is 28.8 Å². The molecule has 0 saturated carbocycles. The van der Waals surface area contributed by atoms with Crippen molar-refractivity contribution in [2.45, 2.75) is 38.0 Å². The number of aromatic nitrogens is 1. The zero-order valence-electron chi connectivity index (χ0n) is 15.7. The molecule has 2 aliphatic heterocycles. The van der Waals surface area contributed by atoms with Crippen LogP contribution < -0.4 is 5.73 Å². The molecule has 0 aromatic carbocycles. The van der Waals surface area contributed by atoms with Gasteiger partial charge in [0.2, 0.25) is 11.8 Å². The second kappa shape index (κ2) is 7.87. The number of hydrogen-bond donors (Lipinski definition) is 1. The maximum Gasteiger partial charge on any atom is 0.259 e. The molecule has 2 fully saturated rings. The molecule has 4 rings (SSSR count). The maximum absolute atomic E-state index is 12.8. The number of carbonyl (C=O) groups excluding carboxylic acids is 3. The van der Waals surface area contributed by atoms with Gasteiger partial charge in [-0.2, -0.15) is 0 Å². The Labute approximate surface area is 167 Å². The summed E-state index contributed by atoms with van der Waals surface area (Å²) < 4.78 is 0. The van der Waals surface area contributed by atoms with Crippen LogP contribution in [0.25, 0.3) is 10.2 Å². The molecule has 3 amide bonds. The second-order valence-electron chi connectivity index (χ2n) is 7.52. The summed E-state index contributed by atoms with van der Waals surface area (Å²) in [7, 11) is 0. The SMILES string of the molecule is NC(=O)c1sc2ncccc2c1[C@H]1CCN(C(=O)CN2CCCCCC2=O)C1. The Morgan fingerprint density at radius 3 is 2.93 bits per heavy atom. The number of primary amides is 1. The van der Waals surface area contributed by atoms with Gasteiger partial charge in [0.05, 0.1) is 11.4 Å². The maximum atomic E-state index is 12.8. The van der Waals surface area contributed by atoms with Crippen molar-refractivity contribution in [3.8, 4) is 0 Å². The number of likely N-dealkylation sites (tertiary alicyclic amines) is 2. The quantitative estimate of drug-likeness (QED) is 0.850. The van der Waals surface area contributed by atoms with Crippen LogP contribution in [0.5, 0.6) is 0 Å². The Morgan fingerprint density at radius 2 is 2.11 bits per heavy atom. The van der Waals surface area contributed by atoms with Gasteiger partial charge < -0.3 is 15.5 Å². The van der Waals surface area contributed by atoms with Crippen molar-refractivity contribution in [3.63, 3.8) is 0 Å². The smallest absolute Gasteiger partial charge is 0.259 e. The molecule has 0 unspecified atom stereocenters. The molecule has 8 heteroatoms. The molecule has 0 bridgehead atoms. The summed E-state index contributed by atoms with van der Waals surface area (Å²) in [5, 5.41) is 0.947. The molecule has 2 saturated heterocycles. The lowest BCUT2D eigenvalue weighted by Crippen LogP contribution is -2.41. The van der Waals surface area contributed by atoms with Gasteiger partial charge >= 0.3 is 0 Å². The highest BCUT2D eigenvalue weighted by molar-refractivity contribution is 7.20. The molecule has 2 aromatic heterocycles. The lowest BCUT2D eigenvalue weighted by molar-refractivity contribution is -0.139. The van der Waals surface area contributed by atoms with Crippen LogP contribution in [0.4, 0.5) is 0 Å². The Morgan fingerprint density at radius 1 is 1.25 bits per heavy atom. The molecule has 2 aromatic rings. The molecule has 4 heterocycles. The van der Waals surface area contributed by atoms with Crippen LogP contribution in [-0.4, -0.2) is 58.7 Å². The van der Waals surface area contributed by atoms with Crippen LogP contribution >= 0.6 is 11.3 Å². The number of amides is 3. The Hall–Kier alpha value is -2.48. The van der Waals surface area contributed by atoms with Crippen molar-refractivity contribution >= 4 is 39.3 Å². The third-order valence-corrected chi connectivity index (χ3v) is 6.82. The minimum absolute atomic E-state index is 0.0176. The predicted molar refractivity (Wildman–Crippen MR) is 107 cm³/mol. The minimum Gasteiger partial charge on any atom is -0.365 e. The summed E-state index contributed by atoms with van der Waals surface area (Å²) in [6.45, 7) is 1.98. The van der Waals surface area contributed by atoms with Gasteiger partial charge in [-0.05, 0) is 30.9 Å². The molecule has 0 spiro atoms. The number of nitrogens with zero attached hydrogens (tertiary/aromatic N) is 3.